The Hall–Kier alpha value is -1.75. The number of rotatable bonds is 3. The zero-order valence-corrected chi connectivity index (χ0v) is 10.4. The van der Waals surface area contributed by atoms with Crippen LogP contribution in [0.3, 0.4) is 0 Å². The Morgan fingerprint density at radius 1 is 1.47 bits per heavy atom. The van der Waals surface area contributed by atoms with Crippen molar-refractivity contribution in [1.29, 1.82) is 0 Å². The molecule has 0 radical (unpaired) electrons. The fourth-order valence-electron chi connectivity index (χ4n) is 1.53. The normalized spacial score (nSPS) is 10.5. The Kier molecular flexibility index (Phi) is 3.19. The maximum atomic E-state index is 11.1. The van der Waals surface area contributed by atoms with Gasteiger partial charge in [-0.3, -0.25) is 4.68 Å². The van der Waals surface area contributed by atoms with E-state index in [2.05, 4.69) is 5.10 Å². The maximum absolute atomic E-state index is 11.1. The van der Waals surface area contributed by atoms with Gasteiger partial charge in [-0.05, 0) is 18.6 Å². The summed E-state index contributed by atoms with van der Waals surface area (Å²) in [5.74, 6) is -0.903. The predicted octanol–water partition coefficient (Wildman–Crippen LogP) is 2.58. The molecule has 2 aromatic rings. The lowest BCUT2D eigenvalue weighted by Gasteiger charge is -2.07. The van der Waals surface area contributed by atoms with Gasteiger partial charge in [0, 0.05) is 18.1 Å². The molecular formula is C12H12N2O2S. The summed E-state index contributed by atoms with van der Waals surface area (Å²) in [5, 5.41) is 13.2. The minimum atomic E-state index is -0.903. The predicted molar refractivity (Wildman–Crippen MR) is 65.5 cm³/mol. The number of hydrogen-bond donors (Lipinski definition) is 1. The smallest absolute Gasteiger partial charge is 0.336 e. The fraction of sp³-hybridized carbons (Fsp3) is 0.167. The number of carboxylic acids is 1. The summed E-state index contributed by atoms with van der Waals surface area (Å²) in [4.78, 5) is 12.8. The van der Waals surface area contributed by atoms with Gasteiger partial charge in [0.05, 0.1) is 16.7 Å². The van der Waals surface area contributed by atoms with Gasteiger partial charge >= 0.3 is 5.97 Å². The third-order valence-corrected chi connectivity index (χ3v) is 3.54. The van der Waals surface area contributed by atoms with Crippen LogP contribution >= 0.6 is 11.8 Å². The number of nitrogens with zero attached hydrogens (tertiary/aromatic N) is 2. The van der Waals surface area contributed by atoms with Crippen molar-refractivity contribution in [2.24, 2.45) is 7.05 Å². The highest BCUT2D eigenvalue weighted by atomic mass is 32.2. The van der Waals surface area contributed by atoms with Crippen LogP contribution in [-0.4, -0.2) is 20.9 Å². The van der Waals surface area contributed by atoms with Crippen molar-refractivity contribution >= 4 is 17.7 Å². The average Bonchev–Trinajstić information content (AvgIpc) is 2.67. The van der Waals surface area contributed by atoms with Crippen LogP contribution in [0.4, 0.5) is 0 Å². The second-order valence-electron chi connectivity index (χ2n) is 3.71. The summed E-state index contributed by atoms with van der Waals surface area (Å²) in [6.45, 7) is 1.91. The molecule has 0 saturated carbocycles. The second-order valence-corrected chi connectivity index (χ2v) is 4.79. The summed E-state index contributed by atoms with van der Waals surface area (Å²) in [6, 6.07) is 5.28. The monoisotopic (exact) mass is 248 g/mol. The molecule has 0 unspecified atom stereocenters. The van der Waals surface area contributed by atoms with E-state index in [1.54, 1.807) is 23.0 Å². The van der Waals surface area contributed by atoms with Crippen molar-refractivity contribution in [2.45, 2.75) is 16.7 Å². The molecular weight excluding hydrogens is 236 g/mol. The summed E-state index contributed by atoms with van der Waals surface area (Å²) >= 11 is 1.43. The van der Waals surface area contributed by atoms with Gasteiger partial charge in [-0.1, -0.05) is 23.9 Å². The molecule has 0 amide bonds. The molecule has 1 aromatic heterocycles. The number of aromatic carboxylic acids is 1. The van der Waals surface area contributed by atoms with Gasteiger partial charge in [0.15, 0.2) is 0 Å². The highest BCUT2D eigenvalue weighted by Crippen LogP contribution is 2.32. The van der Waals surface area contributed by atoms with Crippen LogP contribution in [0.25, 0.3) is 0 Å². The number of carboxylic acid groups (broad SMARTS) is 1. The first kappa shape index (κ1) is 11.7. The number of benzene rings is 1. The lowest BCUT2D eigenvalue weighted by molar-refractivity contribution is 0.0693. The molecule has 1 N–H and O–H groups in total. The summed E-state index contributed by atoms with van der Waals surface area (Å²) in [5.41, 5.74) is 1.29. The first-order chi connectivity index (χ1) is 8.08. The van der Waals surface area contributed by atoms with Crippen LogP contribution in [-0.2, 0) is 7.05 Å². The Balaban J connectivity index is 2.40. The average molecular weight is 248 g/mol. The Labute approximate surface area is 103 Å². The van der Waals surface area contributed by atoms with E-state index in [0.717, 1.165) is 15.4 Å². The molecule has 88 valence electrons. The number of hydrogen-bond acceptors (Lipinski definition) is 3. The van der Waals surface area contributed by atoms with Crippen LogP contribution in [0.15, 0.2) is 40.4 Å². The number of aromatic nitrogens is 2. The molecule has 5 heteroatoms. The first-order valence-electron chi connectivity index (χ1n) is 5.07. The molecule has 0 bridgehead atoms. The van der Waals surface area contributed by atoms with E-state index < -0.39 is 5.97 Å². The van der Waals surface area contributed by atoms with Crippen LogP contribution in [0.1, 0.15) is 15.9 Å². The topological polar surface area (TPSA) is 55.1 Å². The molecule has 4 nitrogen and oxygen atoms in total. The molecule has 0 atom stereocenters. The molecule has 1 heterocycles. The highest BCUT2D eigenvalue weighted by molar-refractivity contribution is 7.99. The molecule has 0 aliphatic rings. The van der Waals surface area contributed by atoms with Crippen molar-refractivity contribution in [3.8, 4) is 0 Å². The van der Waals surface area contributed by atoms with Crippen molar-refractivity contribution in [3.05, 3.63) is 41.7 Å². The molecule has 0 aliphatic carbocycles. The van der Waals surface area contributed by atoms with Gasteiger partial charge in [-0.2, -0.15) is 5.10 Å². The fourth-order valence-corrected chi connectivity index (χ4v) is 2.56. The quantitative estimate of drug-likeness (QED) is 0.907. The maximum Gasteiger partial charge on any atom is 0.336 e. The van der Waals surface area contributed by atoms with E-state index in [1.165, 1.54) is 11.8 Å². The Bertz CT molecular complexity index is 563. The van der Waals surface area contributed by atoms with Gasteiger partial charge in [-0.25, -0.2) is 4.79 Å². The molecule has 1 aromatic carbocycles. The summed E-state index contributed by atoms with van der Waals surface area (Å²) in [7, 11) is 1.83. The van der Waals surface area contributed by atoms with E-state index in [9.17, 15) is 4.79 Å². The van der Waals surface area contributed by atoms with E-state index in [0.29, 0.717) is 5.56 Å². The second kappa shape index (κ2) is 4.63. The molecule has 0 saturated heterocycles. The van der Waals surface area contributed by atoms with Gasteiger partial charge in [0.25, 0.3) is 0 Å². The third-order valence-electron chi connectivity index (χ3n) is 2.34. The minimum absolute atomic E-state index is 0.332. The van der Waals surface area contributed by atoms with Crippen LogP contribution in [0.5, 0.6) is 0 Å². The Morgan fingerprint density at radius 2 is 2.24 bits per heavy atom. The van der Waals surface area contributed by atoms with Crippen molar-refractivity contribution in [3.63, 3.8) is 0 Å². The lowest BCUT2D eigenvalue weighted by atomic mass is 10.1. The largest absolute Gasteiger partial charge is 0.478 e. The molecule has 17 heavy (non-hydrogen) atoms. The lowest BCUT2D eigenvalue weighted by Crippen LogP contribution is -1.99. The standard InChI is InChI=1S/C12H12N2O2S/c1-8-4-3-5-10(12(15)16)11(8)17-9-6-13-14(2)7-9/h3-7H,1-2H3,(H,15,16). The minimum Gasteiger partial charge on any atom is -0.478 e. The third kappa shape index (κ3) is 2.50. The summed E-state index contributed by atoms with van der Waals surface area (Å²) in [6.07, 6.45) is 3.59. The first-order valence-corrected chi connectivity index (χ1v) is 5.89. The van der Waals surface area contributed by atoms with E-state index >= 15 is 0 Å². The van der Waals surface area contributed by atoms with Crippen LogP contribution in [0, 0.1) is 6.92 Å². The number of carbonyl (C=O) groups is 1. The van der Waals surface area contributed by atoms with Crippen LogP contribution in [0.2, 0.25) is 0 Å². The summed E-state index contributed by atoms with van der Waals surface area (Å²) < 4.78 is 1.70. The molecule has 0 fully saturated rings. The molecule has 2 rings (SSSR count). The van der Waals surface area contributed by atoms with E-state index in [1.807, 2.05) is 26.2 Å². The van der Waals surface area contributed by atoms with Crippen molar-refractivity contribution in [1.82, 2.24) is 9.78 Å². The SMILES string of the molecule is Cc1cccc(C(=O)O)c1Sc1cnn(C)c1. The van der Waals surface area contributed by atoms with E-state index in [4.69, 9.17) is 5.11 Å². The van der Waals surface area contributed by atoms with Gasteiger partial charge in [-0.15, -0.1) is 0 Å². The van der Waals surface area contributed by atoms with Crippen molar-refractivity contribution < 1.29 is 9.90 Å². The van der Waals surface area contributed by atoms with Crippen molar-refractivity contribution in [2.75, 3.05) is 0 Å². The van der Waals surface area contributed by atoms with Crippen LogP contribution < -0.4 is 0 Å². The Morgan fingerprint density at radius 3 is 2.82 bits per heavy atom. The molecule has 0 spiro atoms. The van der Waals surface area contributed by atoms with Gasteiger partial charge < -0.3 is 5.11 Å². The van der Waals surface area contributed by atoms with Gasteiger partial charge in [0.2, 0.25) is 0 Å². The zero-order valence-electron chi connectivity index (χ0n) is 9.54. The molecule has 0 aliphatic heterocycles. The highest BCUT2D eigenvalue weighted by Gasteiger charge is 2.13. The van der Waals surface area contributed by atoms with E-state index in [-0.39, 0.29) is 0 Å². The number of aryl methyl sites for hydroxylation is 2. The zero-order chi connectivity index (χ0) is 12.4. The van der Waals surface area contributed by atoms with Gasteiger partial charge in [0.1, 0.15) is 0 Å².